The van der Waals surface area contributed by atoms with E-state index in [1.165, 1.54) is 14.2 Å². The molecule has 0 aliphatic carbocycles. The van der Waals surface area contributed by atoms with E-state index in [-0.39, 0.29) is 16.4 Å². The summed E-state index contributed by atoms with van der Waals surface area (Å²) in [7, 11) is 3.04. The number of methoxy groups -OCH3 is 2. The van der Waals surface area contributed by atoms with Crippen LogP contribution in [0.2, 0.25) is 5.02 Å². The summed E-state index contributed by atoms with van der Waals surface area (Å²) in [6, 6.07) is 16.9. The smallest absolute Gasteiger partial charge is 0.280 e. The largest absolute Gasteiger partial charge is 0.493 e. The van der Waals surface area contributed by atoms with Crippen LogP contribution in [-0.2, 0) is 0 Å². The van der Waals surface area contributed by atoms with Gasteiger partial charge in [0.1, 0.15) is 0 Å². The quantitative estimate of drug-likeness (QED) is 0.410. The molecule has 0 aliphatic heterocycles. The number of nitrogens with zero attached hydrogens (tertiary/aromatic N) is 2. The van der Waals surface area contributed by atoms with Gasteiger partial charge in [-0.1, -0.05) is 39.7 Å². The fraction of sp³-hybridized carbons (Fsp3) is 0.0870. The summed E-state index contributed by atoms with van der Waals surface area (Å²) >= 11 is 9.54. The van der Waals surface area contributed by atoms with Crippen LogP contribution < -0.4 is 20.5 Å². The average Bonchev–Trinajstić information content (AvgIpc) is 2.81. The second-order valence-electron chi connectivity index (χ2n) is 6.73. The summed E-state index contributed by atoms with van der Waals surface area (Å²) in [5.74, 6) is 0.655. The van der Waals surface area contributed by atoms with Crippen molar-refractivity contribution in [2.24, 2.45) is 0 Å². The van der Waals surface area contributed by atoms with Gasteiger partial charge in [0.15, 0.2) is 17.3 Å². The number of rotatable bonds is 5. The lowest BCUT2D eigenvalue weighted by Gasteiger charge is -2.16. The molecule has 4 aromatic rings. The van der Waals surface area contributed by atoms with Crippen molar-refractivity contribution >= 4 is 44.3 Å². The molecule has 0 saturated carbocycles. The van der Waals surface area contributed by atoms with Crippen LogP contribution in [0, 0.1) is 0 Å². The molecule has 4 rings (SSSR count). The number of carbonyl (C=O) groups excluding carboxylic acids is 1. The SMILES string of the molecule is COc1ccc(-c2nc3ccccc3c(=O)n2NC(=O)c2cc(Br)ccc2Cl)cc1OC. The van der Waals surface area contributed by atoms with Gasteiger partial charge in [0.2, 0.25) is 0 Å². The zero-order chi connectivity index (χ0) is 22.8. The highest BCUT2D eigenvalue weighted by Crippen LogP contribution is 2.31. The first kappa shape index (κ1) is 21.9. The normalized spacial score (nSPS) is 10.8. The molecular formula is C23H17BrClN3O4. The minimum Gasteiger partial charge on any atom is -0.493 e. The number of hydrogen-bond acceptors (Lipinski definition) is 5. The number of nitrogens with one attached hydrogen (secondary N) is 1. The van der Waals surface area contributed by atoms with Gasteiger partial charge in [-0.3, -0.25) is 15.0 Å². The van der Waals surface area contributed by atoms with Crippen LogP contribution in [-0.4, -0.2) is 29.8 Å². The molecule has 0 saturated heterocycles. The van der Waals surface area contributed by atoms with E-state index in [0.29, 0.717) is 32.4 Å². The molecule has 0 aliphatic rings. The number of benzene rings is 3. The second-order valence-corrected chi connectivity index (χ2v) is 8.05. The Morgan fingerprint density at radius 3 is 2.53 bits per heavy atom. The van der Waals surface area contributed by atoms with Crippen LogP contribution in [0.3, 0.4) is 0 Å². The molecule has 0 spiro atoms. The molecule has 1 N–H and O–H groups in total. The van der Waals surface area contributed by atoms with Crippen LogP contribution in [0.15, 0.2) is 69.9 Å². The van der Waals surface area contributed by atoms with E-state index in [4.69, 9.17) is 21.1 Å². The molecule has 7 nitrogen and oxygen atoms in total. The summed E-state index contributed by atoms with van der Waals surface area (Å²) in [4.78, 5) is 31.0. The van der Waals surface area contributed by atoms with Crippen LogP contribution in [0.25, 0.3) is 22.3 Å². The molecule has 0 bridgehead atoms. The van der Waals surface area contributed by atoms with Crippen LogP contribution >= 0.6 is 27.5 Å². The molecule has 1 aromatic heterocycles. The van der Waals surface area contributed by atoms with Crippen molar-refractivity contribution in [3.05, 3.63) is 86.1 Å². The van der Waals surface area contributed by atoms with Crippen molar-refractivity contribution in [3.63, 3.8) is 0 Å². The average molecular weight is 515 g/mol. The van der Waals surface area contributed by atoms with Crippen LogP contribution in [0.4, 0.5) is 0 Å². The van der Waals surface area contributed by atoms with E-state index in [1.54, 1.807) is 60.7 Å². The molecule has 0 radical (unpaired) electrons. The number of ether oxygens (including phenoxy) is 2. The molecule has 9 heteroatoms. The number of fused-ring (bicyclic) bond motifs is 1. The monoisotopic (exact) mass is 513 g/mol. The van der Waals surface area contributed by atoms with Crippen molar-refractivity contribution in [2.75, 3.05) is 19.6 Å². The third kappa shape index (κ3) is 4.06. The van der Waals surface area contributed by atoms with E-state index >= 15 is 0 Å². The first-order valence-electron chi connectivity index (χ1n) is 9.43. The van der Waals surface area contributed by atoms with E-state index < -0.39 is 11.5 Å². The Morgan fingerprint density at radius 1 is 1.03 bits per heavy atom. The number of hydrogen-bond donors (Lipinski definition) is 1. The molecule has 1 heterocycles. The van der Waals surface area contributed by atoms with E-state index in [1.807, 2.05) is 0 Å². The fourth-order valence-electron chi connectivity index (χ4n) is 3.24. The van der Waals surface area contributed by atoms with Crippen molar-refractivity contribution in [1.82, 2.24) is 9.66 Å². The predicted molar refractivity (Wildman–Crippen MR) is 127 cm³/mol. The zero-order valence-electron chi connectivity index (χ0n) is 17.1. The predicted octanol–water partition coefficient (Wildman–Crippen LogP) is 4.88. The summed E-state index contributed by atoms with van der Waals surface area (Å²) in [5.41, 5.74) is 3.46. The van der Waals surface area contributed by atoms with Gasteiger partial charge in [0.25, 0.3) is 11.5 Å². The fourth-order valence-corrected chi connectivity index (χ4v) is 3.80. The Bertz CT molecular complexity index is 1400. The number of aromatic nitrogens is 2. The highest BCUT2D eigenvalue weighted by molar-refractivity contribution is 9.10. The van der Waals surface area contributed by atoms with Gasteiger partial charge < -0.3 is 9.47 Å². The maximum atomic E-state index is 13.3. The maximum Gasteiger partial charge on any atom is 0.280 e. The van der Waals surface area contributed by atoms with Gasteiger partial charge >= 0.3 is 0 Å². The summed E-state index contributed by atoms with van der Waals surface area (Å²) < 4.78 is 12.5. The zero-order valence-corrected chi connectivity index (χ0v) is 19.4. The molecule has 0 unspecified atom stereocenters. The van der Waals surface area contributed by atoms with Crippen molar-refractivity contribution in [1.29, 1.82) is 0 Å². The van der Waals surface area contributed by atoms with Crippen molar-refractivity contribution in [3.8, 4) is 22.9 Å². The lowest BCUT2D eigenvalue weighted by molar-refractivity contribution is 0.101. The molecule has 162 valence electrons. The maximum absolute atomic E-state index is 13.3. The topological polar surface area (TPSA) is 82.5 Å². The minimum atomic E-state index is -0.558. The number of halogens is 2. The summed E-state index contributed by atoms with van der Waals surface area (Å²) in [5, 5.41) is 0.609. The Hall–Kier alpha value is -3.36. The Morgan fingerprint density at radius 2 is 1.78 bits per heavy atom. The van der Waals surface area contributed by atoms with Gasteiger partial charge in [0, 0.05) is 10.0 Å². The third-order valence-corrected chi connectivity index (χ3v) is 5.63. The standard InChI is InChI=1S/C23H17BrClN3O4/c1-31-19-10-7-13(11-20(19)32-2)21-26-18-6-4-3-5-15(18)23(30)28(21)27-22(29)16-12-14(24)8-9-17(16)25/h3-12H,1-2H3,(H,27,29). The van der Waals surface area contributed by atoms with E-state index in [2.05, 4.69) is 26.3 Å². The molecule has 0 fully saturated rings. The van der Waals surface area contributed by atoms with Crippen molar-refractivity contribution < 1.29 is 14.3 Å². The van der Waals surface area contributed by atoms with Gasteiger partial charge in [-0.2, -0.15) is 4.68 Å². The first-order valence-corrected chi connectivity index (χ1v) is 10.6. The molecular weight excluding hydrogens is 498 g/mol. The number of para-hydroxylation sites is 1. The lowest BCUT2D eigenvalue weighted by atomic mass is 10.1. The molecule has 1 amide bonds. The van der Waals surface area contributed by atoms with E-state index in [0.717, 1.165) is 4.68 Å². The highest BCUT2D eigenvalue weighted by atomic mass is 79.9. The minimum absolute atomic E-state index is 0.208. The second kappa shape index (κ2) is 9.02. The molecule has 32 heavy (non-hydrogen) atoms. The molecule has 0 atom stereocenters. The Labute approximate surface area is 196 Å². The highest BCUT2D eigenvalue weighted by Gasteiger charge is 2.19. The summed E-state index contributed by atoms with van der Waals surface area (Å²) in [6.45, 7) is 0. The molecule has 3 aromatic carbocycles. The number of amides is 1. The van der Waals surface area contributed by atoms with Gasteiger partial charge in [0.05, 0.1) is 35.7 Å². The van der Waals surface area contributed by atoms with Gasteiger partial charge in [-0.25, -0.2) is 4.98 Å². The van der Waals surface area contributed by atoms with Crippen molar-refractivity contribution in [2.45, 2.75) is 0 Å². The number of carbonyl (C=O) groups is 1. The van der Waals surface area contributed by atoms with Gasteiger partial charge in [-0.15, -0.1) is 0 Å². The Balaban J connectivity index is 1.91. The summed E-state index contributed by atoms with van der Waals surface area (Å²) in [6.07, 6.45) is 0. The van der Waals surface area contributed by atoms with E-state index in [9.17, 15) is 9.59 Å². The first-order chi connectivity index (χ1) is 15.4. The van der Waals surface area contributed by atoms with Crippen LogP contribution in [0.5, 0.6) is 11.5 Å². The van der Waals surface area contributed by atoms with Crippen LogP contribution in [0.1, 0.15) is 10.4 Å². The third-order valence-electron chi connectivity index (χ3n) is 4.80. The van der Waals surface area contributed by atoms with Gasteiger partial charge in [-0.05, 0) is 48.5 Å². The Kier molecular flexibility index (Phi) is 6.16. The lowest BCUT2D eigenvalue weighted by Crippen LogP contribution is -2.35.